The number of nitrogens with one attached hydrogen (secondary N) is 2. The van der Waals surface area contributed by atoms with E-state index in [4.69, 9.17) is 9.84 Å². The van der Waals surface area contributed by atoms with Gasteiger partial charge in [-0.15, -0.1) is 0 Å². The van der Waals surface area contributed by atoms with Crippen LogP contribution in [-0.4, -0.2) is 43.2 Å². The molecule has 0 heterocycles. The van der Waals surface area contributed by atoms with Crippen LogP contribution in [0.3, 0.4) is 0 Å². The lowest BCUT2D eigenvalue weighted by molar-refractivity contribution is -0.131. The molecular formula is C14H16N2O5. The minimum absolute atomic E-state index is 0.288. The van der Waals surface area contributed by atoms with E-state index in [0.29, 0.717) is 24.4 Å². The Labute approximate surface area is 121 Å². The van der Waals surface area contributed by atoms with Gasteiger partial charge in [-0.3, -0.25) is 9.59 Å². The first-order valence-electron chi connectivity index (χ1n) is 6.12. The van der Waals surface area contributed by atoms with E-state index in [-0.39, 0.29) is 5.91 Å². The van der Waals surface area contributed by atoms with Crippen molar-refractivity contribution in [3.8, 4) is 0 Å². The third-order valence-electron chi connectivity index (χ3n) is 2.36. The average molecular weight is 292 g/mol. The smallest absolute Gasteiger partial charge is 0.328 e. The molecular weight excluding hydrogens is 276 g/mol. The number of ether oxygens (including phenoxy) is 1. The van der Waals surface area contributed by atoms with E-state index in [0.717, 1.165) is 12.2 Å². The Kier molecular flexibility index (Phi) is 6.62. The summed E-state index contributed by atoms with van der Waals surface area (Å²) in [6.07, 6.45) is 1.63. The van der Waals surface area contributed by atoms with Crippen LogP contribution < -0.4 is 10.6 Å². The highest BCUT2D eigenvalue weighted by molar-refractivity contribution is 6.03. The molecule has 0 aliphatic carbocycles. The van der Waals surface area contributed by atoms with Crippen molar-refractivity contribution in [2.24, 2.45) is 0 Å². The number of methoxy groups -OCH3 is 1. The number of hydrogen-bond donors (Lipinski definition) is 3. The molecule has 0 saturated heterocycles. The zero-order valence-electron chi connectivity index (χ0n) is 11.5. The highest BCUT2D eigenvalue weighted by atomic mass is 16.5. The topological polar surface area (TPSA) is 105 Å². The highest BCUT2D eigenvalue weighted by Crippen LogP contribution is 2.10. The molecule has 1 rings (SSSR count). The number of rotatable bonds is 7. The largest absolute Gasteiger partial charge is 0.478 e. The summed E-state index contributed by atoms with van der Waals surface area (Å²) in [5, 5.41) is 13.5. The van der Waals surface area contributed by atoms with Gasteiger partial charge in [0.05, 0.1) is 6.61 Å². The van der Waals surface area contributed by atoms with E-state index < -0.39 is 11.9 Å². The number of anilines is 1. The van der Waals surface area contributed by atoms with Gasteiger partial charge < -0.3 is 20.5 Å². The Morgan fingerprint density at radius 2 is 2.05 bits per heavy atom. The van der Waals surface area contributed by atoms with Gasteiger partial charge in [0.25, 0.3) is 5.91 Å². The van der Waals surface area contributed by atoms with Crippen LogP contribution in [0.1, 0.15) is 10.4 Å². The number of hydrogen-bond acceptors (Lipinski definition) is 4. The van der Waals surface area contributed by atoms with Crippen LogP contribution in [-0.2, 0) is 14.3 Å². The molecule has 0 aliphatic heterocycles. The zero-order valence-corrected chi connectivity index (χ0v) is 11.5. The lowest BCUT2D eigenvalue weighted by Crippen LogP contribution is -2.27. The van der Waals surface area contributed by atoms with Crippen LogP contribution in [0.15, 0.2) is 36.4 Å². The third-order valence-corrected chi connectivity index (χ3v) is 2.36. The second kappa shape index (κ2) is 8.49. The predicted molar refractivity (Wildman–Crippen MR) is 76.1 cm³/mol. The van der Waals surface area contributed by atoms with Gasteiger partial charge in [0.2, 0.25) is 5.91 Å². The van der Waals surface area contributed by atoms with Crippen molar-refractivity contribution in [1.29, 1.82) is 0 Å². The molecule has 21 heavy (non-hydrogen) atoms. The maximum atomic E-state index is 11.8. The fraction of sp³-hybridized carbons (Fsp3) is 0.214. The first-order valence-corrected chi connectivity index (χ1v) is 6.12. The van der Waals surface area contributed by atoms with Gasteiger partial charge >= 0.3 is 5.97 Å². The molecule has 0 unspecified atom stereocenters. The third kappa shape index (κ3) is 6.35. The van der Waals surface area contributed by atoms with Gasteiger partial charge in [-0.25, -0.2) is 4.79 Å². The number of benzene rings is 1. The van der Waals surface area contributed by atoms with Crippen molar-refractivity contribution >= 4 is 23.5 Å². The van der Waals surface area contributed by atoms with Crippen LogP contribution in [0.4, 0.5) is 5.69 Å². The Hall–Kier alpha value is -2.67. The molecule has 0 aliphatic rings. The zero-order chi connectivity index (χ0) is 15.7. The van der Waals surface area contributed by atoms with Crippen molar-refractivity contribution < 1.29 is 24.2 Å². The van der Waals surface area contributed by atoms with Gasteiger partial charge in [-0.2, -0.15) is 0 Å². The summed E-state index contributed by atoms with van der Waals surface area (Å²) in [6, 6.07) is 6.31. The lowest BCUT2D eigenvalue weighted by Gasteiger charge is -2.07. The number of amides is 2. The Morgan fingerprint density at radius 1 is 1.29 bits per heavy atom. The van der Waals surface area contributed by atoms with Crippen molar-refractivity contribution in [2.75, 3.05) is 25.6 Å². The van der Waals surface area contributed by atoms with Crippen LogP contribution in [0.2, 0.25) is 0 Å². The summed E-state index contributed by atoms with van der Waals surface area (Å²) in [6.45, 7) is 0.787. The Bertz CT molecular complexity index is 554. The second-order valence-electron chi connectivity index (χ2n) is 3.99. The first kappa shape index (κ1) is 16.4. The van der Waals surface area contributed by atoms with Crippen molar-refractivity contribution in [3.05, 3.63) is 42.0 Å². The van der Waals surface area contributed by atoms with E-state index in [1.165, 1.54) is 13.2 Å². The number of carbonyl (C=O) groups is 3. The molecule has 0 aromatic heterocycles. The molecule has 1 aromatic carbocycles. The number of carboxylic acid groups (broad SMARTS) is 1. The normalized spacial score (nSPS) is 10.3. The molecule has 112 valence electrons. The van der Waals surface area contributed by atoms with Crippen LogP contribution in [0, 0.1) is 0 Å². The molecule has 0 fully saturated rings. The van der Waals surface area contributed by atoms with Crippen molar-refractivity contribution in [1.82, 2.24) is 5.32 Å². The summed E-state index contributed by atoms with van der Waals surface area (Å²) in [5.41, 5.74) is 0.778. The molecule has 0 spiro atoms. The predicted octanol–water partition coefficient (Wildman–Crippen LogP) is 0.642. The van der Waals surface area contributed by atoms with Crippen LogP contribution in [0.25, 0.3) is 0 Å². The highest BCUT2D eigenvalue weighted by Gasteiger charge is 2.06. The molecule has 2 amide bonds. The second-order valence-corrected chi connectivity index (χ2v) is 3.99. The molecule has 3 N–H and O–H groups in total. The molecule has 0 atom stereocenters. The van der Waals surface area contributed by atoms with E-state index >= 15 is 0 Å². The summed E-state index contributed by atoms with van der Waals surface area (Å²) < 4.78 is 4.82. The van der Waals surface area contributed by atoms with E-state index in [9.17, 15) is 14.4 Å². The van der Waals surface area contributed by atoms with E-state index in [1.807, 2.05) is 0 Å². The van der Waals surface area contributed by atoms with Crippen molar-refractivity contribution in [2.45, 2.75) is 0 Å². The molecule has 0 saturated carbocycles. The maximum Gasteiger partial charge on any atom is 0.328 e. The first-order chi connectivity index (χ1) is 10.0. The Balaban J connectivity index is 2.65. The fourth-order valence-corrected chi connectivity index (χ4v) is 1.44. The quantitative estimate of drug-likeness (QED) is 0.505. The van der Waals surface area contributed by atoms with Gasteiger partial charge in [-0.1, -0.05) is 6.07 Å². The molecule has 0 bridgehead atoms. The monoisotopic (exact) mass is 292 g/mol. The maximum absolute atomic E-state index is 11.8. The molecule has 0 radical (unpaired) electrons. The van der Waals surface area contributed by atoms with Crippen molar-refractivity contribution in [3.63, 3.8) is 0 Å². The number of carbonyl (C=O) groups excluding carboxylic acids is 2. The minimum Gasteiger partial charge on any atom is -0.478 e. The van der Waals surface area contributed by atoms with E-state index in [2.05, 4.69) is 10.6 Å². The Morgan fingerprint density at radius 3 is 2.71 bits per heavy atom. The number of aliphatic carboxylic acids is 1. The fourth-order valence-electron chi connectivity index (χ4n) is 1.44. The summed E-state index contributed by atoms with van der Waals surface area (Å²) in [5.74, 6) is -2.09. The molecule has 1 aromatic rings. The molecule has 7 heteroatoms. The minimum atomic E-state index is -1.21. The van der Waals surface area contributed by atoms with Gasteiger partial charge in [0, 0.05) is 37.1 Å². The summed E-state index contributed by atoms with van der Waals surface area (Å²) in [7, 11) is 1.53. The SMILES string of the molecule is COCCNC(=O)c1cccc(NC(=O)/C=C/C(=O)O)c1. The summed E-state index contributed by atoms with van der Waals surface area (Å²) >= 11 is 0. The summed E-state index contributed by atoms with van der Waals surface area (Å²) in [4.78, 5) is 33.5. The standard InChI is InChI=1S/C14H16N2O5/c1-21-8-7-15-14(20)10-3-2-4-11(9-10)16-12(17)5-6-13(18)19/h2-6,9H,7-8H2,1H3,(H,15,20)(H,16,17)(H,18,19)/b6-5+. The van der Waals surface area contributed by atoms with Gasteiger partial charge in [-0.05, 0) is 18.2 Å². The number of carboxylic acids is 1. The molecule has 7 nitrogen and oxygen atoms in total. The van der Waals surface area contributed by atoms with Crippen LogP contribution >= 0.6 is 0 Å². The van der Waals surface area contributed by atoms with Gasteiger partial charge in [0.1, 0.15) is 0 Å². The van der Waals surface area contributed by atoms with E-state index in [1.54, 1.807) is 18.2 Å². The van der Waals surface area contributed by atoms with Crippen LogP contribution in [0.5, 0.6) is 0 Å². The average Bonchev–Trinajstić information content (AvgIpc) is 2.45. The lowest BCUT2D eigenvalue weighted by atomic mass is 10.2. The van der Waals surface area contributed by atoms with Gasteiger partial charge in [0.15, 0.2) is 0 Å².